The fraction of sp³-hybridized carbons (Fsp3) is 0.500. The van der Waals surface area contributed by atoms with Crippen molar-refractivity contribution in [3.63, 3.8) is 0 Å². The molecule has 1 unspecified atom stereocenters. The smallest absolute Gasteiger partial charge is 0.404 e. The highest BCUT2D eigenvalue weighted by Crippen LogP contribution is 2.29. The topological polar surface area (TPSA) is 142 Å². The third kappa shape index (κ3) is 7.42. The lowest BCUT2D eigenvalue weighted by atomic mass is 9.92. The van der Waals surface area contributed by atoms with Gasteiger partial charge in [-0.3, -0.25) is 0 Å². The van der Waals surface area contributed by atoms with E-state index >= 15 is 0 Å². The summed E-state index contributed by atoms with van der Waals surface area (Å²) in [6, 6.07) is 13.3. The average Bonchev–Trinajstić information content (AvgIpc) is 3.34. The average molecular weight is 520 g/mol. The van der Waals surface area contributed by atoms with E-state index < -0.39 is 34.3 Å². The van der Waals surface area contributed by atoms with Gasteiger partial charge in [0.05, 0.1) is 29.2 Å². The number of aliphatic hydroxyl groups is 1. The summed E-state index contributed by atoms with van der Waals surface area (Å²) in [5.41, 5.74) is 7.04. The van der Waals surface area contributed by atoms with Crippen LogP contribution in [0.5, 0.6) is 0 Å². The van der Waals surface area contributed by atoms with Crippen LogP contribution in [-0.2, 0) is 21.2 Å². The van der Waals surface area contributed by atoms with Gasteiger partial charge in [0, 0.05) is 18.8 Å². The Morgan fingerprint density at radius 3 is 2.39 bits per heavy atom. The number of ether oxygens (including phenoxy) is 1. The number of carboxylic acid groups (broad SMARTS) is 1. The van der Waals surface area contributed by atoms with Gasteiger partial charge >= 0.3 is 6.09 Å². The number of hydrogen-bond acceptors (Lipinski definition) is 6. The number of amides is 1. The molecule has 2 aromatic rings. The van der Waals surface area contributed by atoms with Crippen LogP contribution in [0.3, 0.4) is 0 Å². The van der Waals surface area contributed by atoms with Crippen LogP contribution in [-0.4, -0.2) is 66.5 Å². The van der Waals surface area contributed by atoms with Gasteiger partial charge in [-0.15, -0.1) is 0 Å². The predicted molar refractivity (Wildman–Crippen MR) is 138 cm³/mol. The zero-order valence-corrected chi connectivity index (χ0v) is 21.6. The van der Waals surface area contributed by atoms with Crippen LogP contribution in [0.15, 0.2) is 59.5 Å². The summed E-state index contributed by atoms with van der Waals surface area (Å²) >= 11 is 0. The van der Waals surface area contributed by atoms with Crippen molar-refractivity contribution in [3.05, 3.63) is 60.2 Å². The second kappa shape index (κ2) is 12.5. The largest absolute Gasteiger partial charge is 0.465 e. The summed E-state index contributed by atoms with van der Waals surface area (Å²) < 4.78 is 34.9. The predicted octanol–water partition coefficient (Wildman–Crippen LogP) is 3.09. The van der Waals surface area contributed by atoms with Crippen LogP contribution in [0, 0.1) is 5.92 Å². The van der Waals surface area contributed by atoms with Gasteiger partial charge in [-0.05, 0) is 61.4 Å². The van der Waals surface area contributed by atoms with Gasteiger partial charge in [0.25, 0.3) is 0 Å². The Kier molecular flexibility index (Phi) is 9.72. The Morgan fingerprint density at radius 1 is 1.17 bits per heavy atom. The zero-order valence-electron chi connectivity index (χ0n) is 20.8. The molecule has 0 saturated carbocycles. The van der Waals surface area contributed by atoms with Crippen LogP contribution >= 0.6 is 0 Å². The third-order valence-corrected chi connectivity index (χ3v) is 8.25. The Bertz CT molecular complexity index is 1070. The maximum atomic E-state index is 13.9. The number of sulfonamides is 1. The summed E-state index contributed by atoms with van der Waals surface area (Å²) in [7, 11) is -4.05. The maximum absolute atomic E-state index is 13.9. The van der Waals surface area contributed by atoms with E-state index in [4.69, 9.17) is 10.5 Å². The highest BCUT2D eigenvalue weighted by atomic mass is 32.2. The number of nitrogen functional groups attached to an aromatic ring is 1. The van der Waals surface area contributed by atoms with Gasteiger partial charge in [0.15, 0.2) is 0 Å². The lowest BCUT2D eigenvalue weighted by molar-refractivity contribution is 0.0155. The molecule has 0 aromatic heterocycles. The van der Waals surface area contributed by atoms with Crippen molar-refractivity contribution in [2.45, 2.75) is 68.7 Å². The molecule has 0 aliphatic carbocycles. The Labute approximate surface area is 213 Å². The van der Waals surface area contributed by atoms with E-state index in [0.29, 0.717) is 12.3 Å². The standard InChI is InChI=1S/C26H37N3O6S/c1-18(2)17-29(36(33,34)22-12-10-20(27)11-13-22)24(16-21-9-6-14-35-21)25(30)23(28-26(31)32)15-19-7-4-3-5-8-19/h3-5,7-8,10-13,18,21,23-25,28,30H,6,9,14-17,27H2,1-2H3,(H,31,32)/t21?,23-,24-,25+/m0/s1. The molecular weight excluding hydrogens is 482 g/mol. The van der Waals surface area contributed by atoms with Crippen molar-refractivity contribution in [2.75, 3.05) is 18.9 Å². The molecule has 3 rings (SSSR count). The van der Waals surface area contributed by atoms with Crippen molar-refractivity contribution in [1.82, 2.24) is 9.62 Å². The monoisotopic (exact) mass is 519 g/mol. The second-order valence-corrected chi connectivity index (χ2v) is 11.6. The van der Waals surface area contributed by atoms with Crippen molar-refractivity contribution in [2.24, 2.45) is 5.92 Å². The molecule has 1 heterocycles. The molecule has 2 aromatic carbocycles. The Hall–Kier alpha value is -2.66. The van der Waals surface area contributed by atoms with E-state index in [1.807, 2.05) is 44.2 Å². The molecule has 198 valence electrons. The number of hydrogen-bond donors (Lipinski definition) is 4. The van der Waals surface area contributed by atoms with Gasteiger partial charge in [0.1, 0.15) is 0 Å². The van der Waals surface area contributed by atoms with Crippen LogP contribution in [0.2, 0.25) is 0 Å². The molecule has 1 amide bonds. The number of benzene rings is 2. The van der Waals surface area contributed by atoms with E-state index in [9.17, 15) is 23.4 Å². The Morgan fingerprint density at radius 2 is 1.83 bits per heavy atom. The number of aliphatic hydroxyl groups excluding tert-OH is 1. The van der Waals surface area contributed by atoms with Crippen LogP contribution in [0.1, 0.15) is 38.7 Å². The number of nitrogens with two attached hydrogens (primary N) is 1. The lowest BCUT2D eigenvalue weighted by Crippen LogP contribution is -2.57. The summed E-state index contributed by atoms with van der Waals surface area (Å²) in [5.74, 6) is -0.0484. The van der Waals surface area contributed by atoms with Crippen molar-refractivity contribution in [3.8, 4) is 0 Å². The molecule has 0 bridgehead atoms. The molecule has 0 radical (unpaired) electrons. The highest BCUT2D eigenvalue weighted by Gasteiger charge is 2.41. The van der Waals surface area contributed by atoms with Gasteiger partial charge in [-0.1, -0.05) is 44.2 Å². The molecule has 0 spiro atoms. The molecule has 1 aliphatic rings. The molecular formula is C26H37N3O6S. The molecule has 1 aliphatic heterocycles. The van der Waals surface area contributed by atoms with Gasteiger partial charge in [-0.25, -0.2) is 13.2 Å². The number of nitrogens with one attached hydrogen (secondary N) is 1. The van der Waals surface area contributed by atoms with Crippen molar-refractivity contribution < 1.29 is 28.2 Å². The molecule has 36 heavy (non-hydrogen) atoms. The number of anilines is 1. The van der Waals surface area contributed by atoms with E-state index in [1.165, 1.54) is 28.6 Å². The first-order chi connectivity index (χ1) is 17.1. The fourth-order valence-corrected chi connectivity index (χ4v) is 6.44. The third-order valence-electron chi connectivity index (χ3n) is 6.34. The summed E-state index contributed by atoms with van der Waals surface area (Å²) in [6.45, 7) is 4.52. The lowest BCUT2D eigenvalue weighted by Gasteiger charge is -2.39. The second-order valence-electron chi connectivity index (χ2n) is 9.71. The quantitative estimate of drug-likeness (QED) is 0.316. The number of nitrogens with zero attached hydrogens (tertiary/aromatic N) is 1. The van der Waals surface area contributed by atoms with E-state index in [2.05, 4.69) is 5.32 Å². The number of rotatable bonds is 12. The molecule has 10 heteroatoms. The number of carbonyl (C=O) groups is 1. The van der Waals surface area contributed by atoms with Crippen molar-refractivity contribution in [1.29, 1.82) is 0 Å². The van der Waals surface area contributed by atoms with Gasteiger partial charge < -0.3 is 26.0 Å². The molecule has 1 saturated heterocycles. The van der Waals surface area contributed by atoms with E-state index in [-0.39, 0.29) is 36.3 Å². The first-order valence-electron chi connectivity index (χ1n) is 12.3. The normalized spacial score (nSPS) is 18.8. The minimum absolute atomic E-state index is 0.0484. The zero-order chi connectivity index (χ0) is 26.3. The summed E-state index contributed by atoms with van der Waals surface area (Å²) in [5, 5.41) is 23.6. The van der Waals surface area contributed by atoms with Crippen LogP contribution in [0.4, 0.5) is 10.5 Å². The molecule has 4 atom stereocenters. The maximum Gasteiger partial charge on any atom is 0.404 e. The molecule has 1 fully saturated rings. The highest BCUT2D eigenvalue weighted by molar-refractivity contribution is 7.89. The minimum Gasteiger partial charge on any atom is -0.465 e. The SMILES string of the molecule is CC(C)CN([C@@H](CC1CCCO1)[C@H](O)[C@H](Cc1ccccc1)NC(=O)O)S(=O)(=O)c1ccc(N)cc1. The first kappa shape index (κ1) is 27.9. The van der Waals surface area contributed by atoms with Crippen LogP contribution in [0.25, 0.3) is 0 Å². The Balaban J connectivity index is 2.03. The summed E-state index contributed by atoms with van der Waals surface area (Å²) in [6.07, 6.45) is -0.805. The van der Waals surface area contributed by atoms with Crippen molar-refractivity contribution >= 4 is 21.8 Å². The molecule has 5 N–H and O–H groups in total. The van der Waals surface area contributed by atoms with Gasteiger partial charge in [0.2, 0.25) is 10.0 Å². The van der Waals surface area contributed by atoms with Crippen LogP contribution < -0.4 is 11.1 Å². The summed E-state index contributed by atoms with van der Waals surface area (Å²) in [4.78, 5) is 11.7. The minimum atomic E-state index is -4.05. The van der Waals surface area contributed by atoms with E-state index in [0.717, 1.165) is 18.4 Å². The van der Waals surface area contributed by atoms with Gasteiger partial charge in [-0.2, -0.15) is 4.31 Å². The molecule has 9 nitrogen and oxygen atoms in total. The first-order valence-corrected chi connectivity index (χ1v) is 13.7. The van der Waals surface area contributed by atoms with E-state index in [1.54, 1.807) is 0 Å². The fourth-order valence-electron chi connectivity index (χ4n) is 4.63.